The molecule has 1 fully saturated rings. The van der Waals surface area contributed by atoms with E-state index in [1.807, 2.05) is 24.3 Å². The minimum Gasteiger partial charge on any atom is -0.454 e. The lowest BCUT2D eigenvalue weighted by Gasteiger charge is -2.23. The Labute approximate surface area is 138 Å². The highest BCUT2D eigenvalue weighted by molar-refractivity contribution is 5.80. The van der Waals surface area contributed by atoms with E-state index in [1.165, 1.54) is 5.57 Å². The fourth-order valence-electron chi connectivity index (χ4n) is 3.62. The van der Waals surface area contributed by atoms with Crippen molar-refractivity contribution in [2.75, 3.05) is 27.2 Å². The number of nitrogens with zero attached hydrogens (tertiary/aromatic N) is 1. The van der Waals surface area contributed by atoms with E-state index in [-0.39, 0.29) is 6.10 Å². The van der Waals surface area contributed by atoms with Crippen molar-refractivity contribution in [2.24, 2.45) is 0 Å². The van der Waals surface area contributed by atoms with Gasteiger partial charge in [-0.1, -0.05) is 30.3 Å². The summed E-state index contributed by atoms with van der Waals surface area (Å²) in [5.74, 6) is -0.525. The van der Waals surface area contributed by atoms with Crippen molar-refractivity contribution in [3.05, 3.63) is 41.5 Å². The highest BCUT2D eigenvalue weighted by Crippen LogP contribution is 2.33. The average molecular weight is 316 g/mol. The molecule has 23 heavy (non-hydrogen) atoms. The van der Waals surface area contributed by atoms with Crippen molar-refractivity contribution in [3.8, 4) is 0 Å². The molecular weight excluding hydrogens is 290 g/mol. The highest BCUT2D eigenvalue weighted by atomic mass is 16.6. The standard InChI is InChI=1S/C19H26NO3/c1-20(2)12-11-15(13-20)23-19(22)18(21)17-10-6-5-9-16(17)14-7-3-4-8-14/h5-7,9-10,15,18,21H,3-4,8,11-13H2,1-2H3/q+1/t15-,18-/m1/s1. The third-order valence-corrected chi connectivity index (χ3v) is 4.90. The molecule has 0 saturated carbocycles. The van der Waals surface area contributed by atoms with E-state index >= 15 is 0 Å². The molecule has 0 unspecified atom stereocenters. The summed E-state index contributed by atoms with van der Waals surface area (Å²) in [5, 5.41) is 10.5. The quantitative estimate of drug-likeness (QED) is 0.686. The second kappa shape index (κ2) is 6.46. The van der Waals surface area contributed by atoms with Gasteiger partial charge in [0, 0.05) is 6.42 Å². The Balaban J connectivity index is 1.73. The van der Waals surface area contributed by atoms with Crippen LogP contribution in [-0.4, -0.2) is 48.8 Å². The van der Waals surface area contributed by atoms with Gasteiger partial charge in [-0.3, -0.25) is 0 Å². The predicted octanol–water partition coefficient (Wildman–Crippen LogP) is 2.68. The first-order valence-corrected chi connectivity index (χ1v) is 8.45. The fourth-order valence-corrected chi connectivity index (χ4v) is 3.62. The summed E-state index contributed by atoms with van der Waals surface area (Å²) < 4.78 is 6.42. The average Bonchev–Trinajstić information content (AvgIpc) is 3.16. The van der Waals surface area contributed by atoms with Gasteiger partial charge in [0.25, 0.3) is 0 Å². The number of carbonyl (C=O) groups excluding carboxylic acids is 1. The first-order valence-electron chi connectivity index (χ1n) is 8.45. The number of carbonyl (C=O) groups is 1. The molecule has 1 N–H and O–H groups in total. The number of quaternary nitrogens is 1. The lowest BCUT2D eigenvalue weighted by atomic mass is 9.95. The monoisotopic (exact) mass is 316 g/mol. The number of rotatable bonds is 4. The molecule has 2 aliphatic rings. The van der Waals surface area contributed by atoms with E-state index in [2.05, 4.69) is 20.2 Å². The van der Waals surface area contributed by atoms with Crippen LogP contribution in [0, 0.1) is 0 Å². The molecule has 0 bridgehead atoms. The Bertz CT molecular complexity index is 621. The summed E-state index contributed by atoms with van der Waals surface area (Å²) in [4.78, 5) is 12.4. The number of allylic oxidation sites excluding steroid dienone is 2. The Morgan fingerprint density at radius 2 is 2.13 bits per heavy atom. The van der Waals surface area contributed by atoms with Crippen molar-refractivity contribution in [1.29, 1.82) is 0 Å². The van der Waals surface area contributed by atoms with E-state index in [4.69, 9.17) is 4.74 Å². The molecule has 2 atom stereocenters. The number of hydrogen-bond donors (Lipinski definition) is 1. The molecular formula is C19H26NO3+. The highest BCUT2D eigenvalue weighted by Gasteiger charge is 2.35. The van der Waals surface area contributed by atoms with Crippen LogP contribution in [0.5, 0.6) is 0 Å². The van der Waals surface area contributed by atoms with Gasteiger partial charge in [0.15, 0.2) is 12.2 Å². The lowest BCUT2D eigenvalue weighted by molar-refractivity contribution is -0.879. The zero-order valence-electron chi connectivity index (χ0n) is 14.0. The number of hydrogen-bond acceptors (Lipinski definition) is 3. The lowest BCUT2D eigenvalue weighted by Crippen LogP contribution is -2.38. The number of aliphatic hydroxyl groups excluding tert-OH is 1. The summed E-state index contributed by atoms with van der Waals surface area (Å²) in [5.41, 5.74) is 2.88. The van der Waals surface area contributed by atoms with Crippen LogP contribution in [-0.2, 0) is 9.53 Å². The van der Waals surface area contributed by atoms with E-state index in [0.717, 1.165) is 48.8 Å². The van der Waals surface area contributed by atoms with Crippen LogP contribution < -0.4 is 0 Å². The topological polar surface area (TPSA) is 46.5 Å². The molecule has 1 saturated heterocycles. The molecule has 4 nitrogen and oxygen atoms in total. The summed E-state index contributed by atoms with van der Waals surface area (Å²) in [6, 6.07) is 7.63. The molecule has 0 spiro atoms. The molecule has 1 aromatic carbocycles. The summed E-state index contributed by atoms with van der Waals surface area (Å²) in [6.07, 6.45) is 4.98. The minimum atomic E-state index is -1.20. The maximum Gasteiger partial charge on any atom is 0.340 e. The van der Waals surface area contributed by atoms with Gasteiger partial charge < -0.3 is 14.3 Å². The number of esters is 1. The molecule has 124 valence electrons. The molecule has 3 rings (SSSR count). The number of benzene rings is 1. The van der Waals surface area contributed by atoms with Crippen LogP contribution in [0.25, 0.3) is 5.57 Å². The van der Waals surface area contributed by atoms with Crippen LogP contribution in [0.2, 0.25) is 0 Å². The molecule has 1 aliphatic heterocycles. The molecule has 1 heterocycles. The molecule has 0 amide bonds. The summed E-state index contributed by atoms with van der Waals surface area (Å²) in [7, 11) is 4.26. The Morgan fingerprint density at radius 1 is 1.35 bits per heavy atom. The van der Waals surface area contributed by atoms with Crippen molar-refractivity contribution in [1.82, 2.24) is 0 Å². The van der Waals surface area contributed by atoms with Crippen LogP contribution in [0.1, 0.15) is 42.9 Å². The fraction of sp³-hybridized carbons (Fsp3) is 0.526. The molecule has 0 aromatic heterocycles. The van der Waals surface area contributed by atoms with Gasteiger partial charge in [0.1, 0.15) is 6.54 Å². The Hall–Kier alpha value is -1.65. The maximum absolute atomic E-state index is 12.4. The van der Waals surface area contributed by atoms with Gasteiger partial charge in [0.2, 0.25) is 0 Å². The van der Waals surface area contributed by atoms with Crippen LogP contribution in [0.15, 0.2) is 30.3 Å². The number of aliphatic hydroxyl groups is 1. The largest absolute Gasteiger partial charge is 0.454 e. The molecule has 1 aliphatic carbocycles. The van der Waals surface area contributed by atoms with Crippen molar-refractivity contribution in [3.63, 3.8) is 0 Å². The summed E-state index contributed by atoms with van der Waals surface area (Å²) >= 11 is 0. The number of ether oxygens (including phenoxy) is 1. The molecule has 0 radical (unpaired) electrons. The zero-order chi connectivity index (χ0) is 16.4. The third kappa shape index (κ3) is 3.65. The van der Waals surface area contributed by atoms with Gasteiger partial charge in [-0.05, 0) is 36.0 Å². The number of likely N-dealkylation sites (N-methyl/N-ethyl adjacent to an activating group) is 1. The van der Waals surface area contributed by atoms with Gasteiger partial charge in [-0.15, -0.1) is 0 Å². The summed E-state index contributed by atoms with van der Waals surface area (Å²) in [6.45, 7) is 1.81. The van der Waals surface area contributed by atoms with Gasteiger partial charge >= 0.3 is 5.97 Å². The van der Waals surface area contributed by atoms with Crippen molar-refractivity contribution in [2.45, 2.75) is 37.9 Å². The SMILES string of the molecule is C[N+]1(C)CC[C@@H](OC(=O)[C@H](O)c2ccccc2C2=CCCC2)C1. The maximum atomic E-state index is 12.4. The second-order valence-electron chi connectivity index (χ2n) is 7.30. The Morgan fingerprint density at radius 3 is 2.78 bits per heavy atom. The van der Waals surface area contributed by atoms with Crippen LogP contribution in [0.3, 0.4) is 0 Å². The first-order chi connectivity index (χ1) is 11.0. The smallest absolute Gasteiger partial charge is 0.340 e. The number of likely N-dealkylation sites (tertiary alicyclic amines) is 1. The molecule has 4 heteroatoms. The normalized spacial score (nSPS) is 24.3. The van der Waals surface area contributed by atoms with Crippen LogP contribution >= 0.6 is 0 Å². The van der Waals surface area contributed by atoms with E-state index in [1.54, 1.807) is 0 Å². The Kier molecular flexibility index (Phi) is 4.55. The predicted molar refractivity (Wildman–Crippen MR) is 89.6 cm³/mol. The third-order valence-electron chi connectivity index (χ3n) is 4.90. The van der Waals surface area contributed by atoms with Crippen molar-refractivity contribution < 1.29 is 19.1 Å². The minimum absolute atomic E-state index is 0.0926. The van der Waals surface area contributed by atoms with E-state index in [9.17, 15) is 9.90 Å². The first kappa shape index (κ1) is 16.2. The van der Waals surface area contributed by atoms with E-state index in [0.29, 0.717) is 5.56 Å². The molecule has 1 aromatic rings. The van der Waals surface area contributed by atoms with Crippen molar-refractivity contribution >= 4 is 11.5 Å². The van der Waals surface area contributed by atoms with Gasteiger partial charge in [-0.2, -0.15) is 0 Å². The zero-order valence-corrected chi connectivity index (χ0v) is 14.0. The van der Waals surface area contributed by atoms with Gasteiger partial charge in [-0.25, -0.2) is 4.79 Å². The second-order valence-corrected chi connectivity index (χ2v) is 7.30. The van der Waals surface area contributed by atoms with Crippen LogP contribution in [0.4, 0.5) is 0 Å². The van der Waals surface area contributed by atoms with E-state index < -0.39 is 12.1 Å². The van der Waals surface area contributed by atoms with Gasteiger partial charge in [0.05, 0.1) is 20.6 Å².